The molecule has 0 aromatic rings. The molecule has 1 aliphatic rings. The molecule has 0 atom stereocenters. The van der Waals surface area contributed by atoms with Gasteiger partial charge in [0.15, 0.2) is 0 Å². The van der Waals surface area contributed by atoms with Gasteiger partial charge >= 0.3 is 5.92 Å². The van der Waals surface area contributed by atoms with E-state index in [0.29, 0.717) is 0 Å². The first kappa shape index (κ1) is 6.25. The molecule has 0 unspecified atom stereocenters. The third kappa shape index (κ3) is 0.513. The van der Waals surface area contributed by atoms with E-state index in [-0.39, 0.29) is 0 Å². The minimum atomic E-state index is -4.04. The number of Topliss-reactive ketones (excluding diaryl/α,β-unsaturated/α-hetero) is 2. The van der Waals surface area contributed by atoms with Gasteiger partial charge in [-0.2, -0.15) is 8.78 Å². The molecule has 0 N–H and O–H groups in total. The van der Waals surface area contributed by atoms with Crippen LogP contribution in [-0.2, 0) is 9.59 Å². The Hall–Kier alpha value is -0.870. The zero-order valence-corrected chi connectivity index (χ0v) is 4.03. The lowest BCUT2D eigenvalue weighted by Crippen LogP contribution is -2.60. The largest absolute Gasteiger partial charge is 0.369 e. The molecular formula is C4HF3O2. The fourth-order valence-corrected chi connectivity index (χ4v) is 0.481. The van der Waals surface area contributed by atoms with E-state index < -0.39 is 23.7 Å². The van der Waals surface area contributed by atoms with Gasteiger partial charge in [-0.15, -0.1) is 0 Å². The molecule has 0 heterocycles. The summed E-state index contributed by atoms with van der Waals surface area (Å²) in [4.78, 5) is 19.5. The molecule has 1 rings (SSSR count). The number of carbonyl (C=O) groups is 2. The highest BCUT2D eigenvalue weighted by Crippen LogP contribution is 2.31. The highest BCUT2D eigenvalue weighted by atomic mass is 19.3. The minimum absolute atomic E-state index is 1.92. The van der Waals surface area contributed by atoms with Gasteiger partial charge in [0, 0.05) is 0 Å². The van der Waals surface area contributed by atoms with E-state index in [1.54, 1.807) is 0 Å². The zero-order valence-electron chi connectivity index (χ0n) is 4.03. The summed E-state index contributed by atoms with van der Waals surface area (Å²) in [6, 6.07) is 0. The number of carbonyl (C=O) groups excluding carboxylic acids is 2. The van der Waals surface area contributed by atoms with E-state index in [2.05, 4.69) is 0 Å². The summed E-state index contributed by atoms with van der Waals surface area (Å²) >= 11 is 0. The van der Waals surface area contributed by atoms with E-state index in [1.807, 2.05) is 0 Å². The van der Waals surface area contributed by atoms with Gasteiger partial charge in [-0.3, -0.25) is 9.59 Å². The Morgan fingerprint density at radius 3 is 1.67 bits per heavy atom. The summed E-state index contributed by atoms with van der Waals surface area (Å²) in [5.41, 5.74) is 0. The van der Waals surface area contributed by atoms with Crippen LogP contribution in [0.1, 0.15) is 0 Å². The maximum Gasteiger partial charge on any atom is 0.369 e. The Morgan fingerprint density at radius 2 is 1.56 bits per heavy atom. The van der Waals surface area contributed by atoms with Crippen molar-refractivity contribution in [1.29, 1.82) is 0 Å². The Morgan fingerprint density at radius 1 is 1.22 bits per heavy atom. The second kappa shape index (κ2) is 1.34. The number of halogens is 3. The molecule has 1 fully saturated rings. The van der Waals surface area contributed by atoms with Crippen LogP contribution in [0.2, 0.25) is 0 Å². The summed E-state index contributed by atoms with van der Waals surface area (Å²) < 4.78 is 34.9. The highest BCUT2D eigenvalue weighted by Gasteiger charge is 2.66. The summed E-state index contributed by atoms with van der Waals surface area (Å²) in [7, 11) is 0. The summed E-state index contributed by atoms with van der Waals surface area (Å²) in [6.45, 7) is 0. The van der Waals surface area contributed by atoms with Crippen LogP contribution in [-0.4, -0.2) is 23.7 Å². The third-order valence-electron chi connectivity index (χ3n) is 1.08. The van der Waals surface area contributed by atoms with Gasteiger partial charge in [0.05, 0.1) is 0 Å². The van der Waals surface area contributed by atoms with Crippen LogP contribution in [0.5, 0.6) is 0 Å². The van der Waals surface area contributed by atoms with E-state index in [1.165, 1.54) is 0 Å². The molecule has 50 valence electrons. The van der Waals surface area contributed by atoms with E-state index in [4.69, 9.17) is 0 Å². The molecule has 0 aromatic heterocycles. The summed E-state index contributed by atoms with van der Waals surface area (Å²) in [6.07, 6.45) is -2.58. The average molecular weight is 138 g/mol. The van der Waals surface area contributed by atoms with Crippen molar-refractivity contribution in [3.05, 3.63) is 0 Å². The SMILES string of the molecule is O=C1C(F)C(=O)C1(F)F. The van der Waals surface area contributed by atoms with Crippen molar-refractivity contribution in [2.24, 2.45) is 0 Å². The first-order valence-corrected chi connectivity index (χ1v) is 2.08. The van der Waals surface area contributed by atoms with Crippen molar-refractivity contribution in [3.63, 3.8) is 0 Å². The van der Waals surface area contributed by atoms with Gasteiger partial charge in [-0.25, -0.2) is 4.39 Å². The molecule has 1 saturated carbocycles. The van der Waals surface area contributed by atoms with Gasteiger partial charge in [0.25, 0.3) is 11.6 Å². The summed E-state index contributed by atoms with van der Waals surface area (Å²) in [5.74, 6) is -7.89. The Bertz CT molecular complexity index is 168. The summed E-state index contributed by atoms with van der Waals surface area (Å²) in [5, 5.41) is 0. The smallest absolute Gasteiger partial charge is 0.289 e. The fraction of sp³-hybridized carbons (Fsp3) is 0.500. The zero-order chi connectivity index (χ0) is 7.23. The van der Waals surface area contributed by atoms with Gasteiger partial charge in [0.2, 0.25) is 6.17 Å². The molecule has 0 radical (unpaired) electrons. The van der Waals surface area contributed by atoms with Gasteiger partial charge in [-0.05, 0) is 0 Å². The molecule has 1 aliphatic carbocycles. The molecular weight excluding hydrogens is 137 g/mol. The second-order valence-corrected chi connectivity index (χ2v) is 1.67. The first-order valence-electron chi connectivity index (χ1n) is 2.08. The Balaban J connectivity index is 2.86. The second-order valence-electron chi connectivity index (χ2n) is 1.67. The molecule has 0 aromatic carbocycles. The van der Waals surface area contributed by atoms with Crippen molar-refractivity contribution in [1.82, 2.24) is 0 Å². The van der Waals surface area contributed by atoms with E-state index >= 15 is 0 Å². The van der Waals surface area contributed by atoms with Crippen LogP contribution < -0.4 is 0 Å². The lowest BCUT2D eigenvalue weighted by atomic mass is 9.89. The van der Waals surface area contributed by atoms with Crippen LogP contribution >= 0.6 is 0 Å². The molecule has 0 amide bonds. The Labute approximate surface area is 47.6 Å². The van der Waals surface area contributed by atoms with Gasteiger partial charge < -0.3 is 0 Å². The number of ketones is 2. The predicted molar refractivity (Wildman–Crippen MR) is 19.9 cm³/mol. The Kier molecular flexibility index (Phi) is 0.932. The molecule has 5 heteroatoms. The molecule has 2 nitrogen and oxygen atoms in total. The van der Waals surface area contributed by atoms with Crippen molar-refractivity contribution in [2.45, 2.75) is 12.1 Å². The fourth-order valence-electron chi connectivity index (χ4n) is 0.481. The monoisotopic (exact) mass is 138 g/mol. The lowest BCUT2D eigenvalue weighted by Gasteiger charge is -2.24. The predicted octanol–water partition coefficient (Wildman–Crippen LogP) is 0.112. The highest BCUT2D eigenvalue weighted by molar-refractivity contribution is 6.31. The van der Waals surface area contributed by atoms with Gasteiger partial charge in [0.1, 0.15) is 0 Å². The van der Waals surface area contributed by atoms with Crippen LogP contribution in [0.4, 0.5) is 13.2 Å². The number of hydrogen-bond acceptors (Lipinski definition) is 2. The van der Waals surface area contributed by atoms with Crippen LogP contribution in [0.15, 0.2) is 0 Å². The lowest BCUT2D eigenvalue weighted by molar-refractivity contribution is -0.179. The third-order valence-corrected chi connectivity index (χ3v) is 1.08. The van der Waals surface area contributed by atoms with Gasteiger partial charge in [-0.1, -0.05) is 0 Å². The maximum absolute atomic E-state index is 11.6. The normalized spacial score (nSPS) is 26.1. The van der Waals surface area contributed by atoms with Crippen LogP contribution in [0.3, 0.4) is 0 Å². The van der Waals surface area contributed by atoms with Crippen LogP contribution in [0.25, 0.3) is 0 Å². The topological polar surface area (TPSA) is 34.1 Å². The number of rotatable bonds is 0. The molecule has 0 spiro atoms. The standard InChI is InChI=1S/C4HF3O2/c5-1-2(8)4(6,7)3(1)9/h1H. The number of alkyl halides is 3. The van der Waals surface area contributed by atoms with E-state index in [9.17, 15) is 22.8 Å². The van der Waals surface area contributed by atoms with E-state index in [0.717, 1.165) is 0 Å². The quantitative estimate of drug-likeness (QED) is 0.445. The first-order chi connectivity index (χ1) is 3.98. The molecule has 0 saturated heterocycles. The van der Waals surface area contributed by atoms with Crippen molar-refractivity contribution in [2.75, 3.05) is 0 Å². The molecule has 0 bridgehead atoms. The van der Waals surface area contributed by atoms with Crippen molar-refractivity contribution >= 4 is 11.6 Å². The minimum Gasteiger partial charge on any atom is -0.289 e. The molecule has 9 heavy (non-hydrogen) atoms. The molecule has 0 aliphatic heterocycles. The number of hydrogen-bond donors (Lipinski definition) is 0. The van der Waals surface area contributed by atoms with Crippen molar-refractivity contribution < 1.29 is 22.8 Å². The maximum atomic E-state index is 11.6. The van der Waals surface area contributed by atoms with Crippen molar-refractivity contribution in [3.8, 4) is 0 Å². The van der Waals surface area contributed by atoms with Crippen LogP contribution in [0, 0.1) is 0 Å². The average Bonchev–Trinajstić information content (AvgIpc) is 1.84.